The number of phenols is 1. The molecule has 1 aromatic rings. The molecule has 98 heavy (non-hydrogen) atoms. The number of carbonyl (C=O) groups is 2. The third-order valence-electron chi connectivity index (χ3n) is 33.4. The van der Waals surface area contributed by atoms with Gasteiger partial charge in [-0.25, -0.2) is 0 Å². The predicted molar refractivity (Wildman–Crippen MR) is 371 cm³/mol. The van der Waals surface area contributed by atoms with Crippen molar-refractivity contribution in [1.29, 1.82) is 0 Å². The Morgan fingerprint density at radius 1 is 0.837 bits per heavy atom. The highest BCUT2D eigenvalue weighted by Crippen LogP contribution is 2.85. The standard InChI is InChI=1S/C81H100N2O13S2/c1-44(2)45(3)65-66(96-65)76(92)18-8-16-70-22-24-95-80-21-15-61(76)77(70,80)19-13-46-26-55(32-56(86)27-46)83-41-78-53(31-62-75-36-49-28-48-9-7-23-94-60(48)33-57(49)74(82-75)17-6-5-10-51(74)30-52(75)14-20-79(62,78)93)29-50-12-11-47-25-54(81(78,67(83)89)71(50,35-47)42-84)39-97-98-68(90)73-38-64(88)72(91,43-85)40-69(73,4)59(37-70)58(80)34-63(73)87/h7-9,11-12,14,16,20,26-30,32,34,44-45,47,49,51,53-54,57,59-62,64-66,68,82,84-86,88,90-93H,5-6,10,13,15,17-19,21-25,31,33,35-43H2,1-4H3. The predicted octanol–water partition coefficient (Wildman–Crippen LogP) is 9.62. The van der Waals surface area contributed by atoms with Crippen molar-refractivity contribution in [3.8, 4) is 5.75 Å². The first-order chi connectivity index (χ1) is 46.9. The summed E-state index contributed by atoms with van der Waals surface area (Å²) < 4.78 is 20.9. The average Bonchev–Trinajstić information content (AvgIpc) is 1.41. The van der Waals surface area contributed by atoms with Gasteiger partial charge in [0.15, 0.2) is 5.78 Å². The van der Waals surface area contributed by atoms with Crippen molar-refractivity contribution < 1.29 is 64.7 Å². The van der Waals surface area contributed by atoms with Crippen LogP contribution >= 0.6 is 21.6 Å². The third kappa shape index (κ3) is 7.10. The number of nitrogens with zero attached hydrogens (tertiary/aromatic N) is 1. The number of amides is 1. The summed E-state index contributed by atoms with van der Waals surface area (Å²) in [6.45, 7) is 8.64. The summed E-state index contributed by atoms with van der Waals surface area (Å²) in [4.78, 5) is 36.5. The van der Waals surface area contributed by atoms with Gasteiger partial charge in [0.25, 0.3) is 0 Å². The lowest BCUT2D eigenvalue weighted by Crippen LogP contribution is -2.79. The van der Waals surface area contributed by atoms with E-state index < -0.39 is 114 Å². The number of rotatable bonds is 5. The van der Waals surface area contributed by atoms with Gasteiger partial charge in [0.1, 0.15) is 28.5 Å². The van der Waals surface area contributed by atoms with Crippen molar-refractivity contribution in [1.82, 2.24) is 5.32 Å². The fourth-order valence-corrected chi connectivity index (χ4v) is 32.5. The van der Waals surface area contributed by atoms with E-state index in [9.17, 15) is 35.7 Å². The second-order valence-corrected chi connectivity index (χ2v) is 38.8. The zero-order valence-electron chi connectivity index (χ0n) is 57.3. The van der Waals surface area contributed by atoms with Crippen molar-refractivity contribution in [3.63, 3.8) is 0 Å². The second-order valence-electron chi connectivity index (χ2n) is 36.3. The number of fused-ring (bicyclic) bond motifs is 5. The minimum atomic E-state index is -2.02. The first-order valence-electron chi connectivity index (χ1n) is 38.0. The van der Waals surface area contributed by atoms with Gasteiger partial charge in [0.05, 0.1) is 65.7 Å². The Kier molecular flexibility index (Phi) is 13.3. The molecule has 28 unspecified atom stereocenters. The number of epoxide rings is 1. The molecule has 9 aliphatic heterocycles. The van der Waals surface area contributed by atoms with E-state index in [1.54, 1.807) is 12.1 Å². The van der Waals surface area contributed by atoms with E-state index in [1.807, 2.05) is 17.9 Å². The van der Waals surface area contributed by atoms with E-state index in [1.165, 1.54) is 32.7 Å². The molecule has 14 bridgehead atoms. The number of piperidine rings is 1. The van der Waals surface area contributed by atoms with E-state index in [0.717, 1.165) is 55.2 Å². The number of nitrogens with one attached hydrogen (secondary N) is 1. The number of benzene rings is 1. The van der Waals surface area contributed by atoms with E-state index in [0.29, 0.717) is 107 Å². The first-order valence-corrected chi connectivity index (χ1v) is 40.3. The summed E-state index contributed by atoms with van der Waals surface area (Å²) >= 11 is 0. The molecule has 1 aromatic carbocycles. The second kappa shape index (κ2) is 20.4. The van der Waals surface area contributed by atoms with E-state index in [4.69, 9.17) is 14.2 Å². The summed E-state index contributed by atoms with van der Waals surface area (Å²) in [5, 5.41) is 110. The van der Waals surface area contributed by atoms with Crippen molar-refractivity contribution in [2.75, 3.05) is 43.6 Å². The molecule has 9 heterocycles. The number of aliphatic hydroxyl groups excluding tert-OH is 4. The van der Waals surface area contributed by atoms with Crippen LogP contribution in [0, 0.1) is 103 Å². The summed E-state index contributed by atoms with van der Waals surface area (Å²) in [6, 6.07) is 5.66. The fraction of sp³-hybridized carbons (Fsp3) is 0.704. The van der Waals surface area contributed by atoms with E-state index in [2.05, 4.69) is 99.0 Å². The molecule has 0 radical (unpaired) electrons. The van der Waals surface area contributed by atoms with Crippen LogP contribution in [-0.2, 0) is 30.2 Å². The molecule has 4 saturated heterocycles. The quantitative estimate of drug-likeness (QED) is 0.0757. The average molecular weight is 1370 g/mol. The molecule has 1 amide bonds. The number of hydrogen-bond acceptors (Lipinski definition) is 16. The van der Waals surface area contributed by atoms with Gasteiger partial charge in [-0.2, -0.15) is 0 Å². The molecule has 28 atom stereocenters. The van der Waals surface area contributed by atoms with Gasteiger partial charge >= 0.3 is 0 Å². The fourth-order valence-electron chi connectivity index (χ4n) is 29.5. The highest BCUT2D eigenvalue weighted by atomic mass is 33.1. The highest BCUT2D eigenvalue weighted by molar-refractivity contribution is 8.76. The zero-order chi connectivity index (χ0) is 67.3. The Bertz CT molecular complexity index is 3960. The topological polar surface area (TPSA) is 242 Å². The summed E-state index contributed by atoms with van der Waals surface area (Å²) in [5.41, 5.74) is -11.5. The van der Waals surface area contributed by atoms with Crippen molar-refractivity contribution in [2.24, 2.45) is 103 Å². The zero-order valence-corrected chi connectivity index (χ0v) is 58.9. The highest BCUT2D eigenvalue weighted by Gasteiger charge is 2.89. The number of hydrogen-bond donors (Lipinski definition) is 9. The lowest BCUT2D eigenvalue weighted by atomic mass is 9.33. The molecular formula is C81H100N2O13S2. The van der Waals surface area contributed by atoms with Crippen LogP contribution in [0.3, 0.4) is 0 Å². The number of carbonyl (C=O) groups excluding carboxylic acids is 2. The van der Waals surface area contributed by atoms with Gasteiger partial charge in [-0.05, 0) is 207 Å². The van der Waals surface area contributed by atoms with Crippen LogP contribution in [0.2, 0.25) is 0 Å². The van der Waals surface area contributed by atoms with Crippen LogP contribution in [0.5, 0.6) is 5.75 Å². The Labute approximate surface area is 583 Å². The smallest absolute Gasteiger partial charge is 0.235 e. The third-order valence-corrected chi connectivity index (χ3v) is 36.1. The van der Waals surface area contributed by atoms with Gasteiger partial charge in [-0.15, -0.1) is 0 Å². The Balaban J connectivity index is 0.796. The molecular weight excluding hydrogens is 1270 g/mol. The number of ketones is 1. The Hall–Kier alpha value is -3.66. The number of aliphatic hydroxyl groups is 7. The van der Waals surface area contributed by atoms with Crippen molar-refractivity contribution >= 4 is 39.0 Å². The van der Waals surface area contributed by atoms with Gasteiger partial charge in [0.2, 0.25) is 5.91 Å². The number of aromatic hydroxyl groups is 1. The lowest BCUT2D eigenvalue weighted by Gasteiger charge is -2.73. The lowest BCUT2D eigenvalue weighted by molar-refractivity contribution is -0.274. The Morgan fingerprint density at radius 3 is 2.51 bits per heavy atom. The SMILES string of the molecule is CC(C)C(C)C1OC1C1(O)CC=CC23CCOC45CCC1C24CCc1cc(O)cc(c1)N1CC24C(C=C6C=CC7CC(CSSC(O)C89CC(O)C(O)(CO)CC8(C)C(C3)C5=CC9=O)C2(C1=O)C6(CO)C7)CC1C23CC5C=C6C=CCOC6CC5C5(CCCCC5C=C2C=CC14O)N3. The molecule has 21 aliphatic rings. The maximum Gasteiger partial charge on any atom is 0.235 e. The molecule has 524 valence electrons. The number of aryl methyl sites for hydroxylation is 1. The minimum absolute atomic E-state index is 0.00487. The summed E-state index contributed by atoms with van der Waals surface area (Å²) in [6.07, 6.45) is 35.5. The Morgan fingerprint density at radius 2 is 1.68 bits per heavy atom. The van der Waals surface area contributed by atoms with Gasteiger partial charge < -0.3 is 65.3 Å². The number of allylic oxidation sites excluding steroid dienone is 6. The van der Waals surface area contributed by atoms with Crippen LogP contribution in [0.15, 0.2) is 113 Å². The monoisotopic (exact) mass is 1370 g/mol. The van der Waals surface area contributed by atoms with Crippen LogP contribution < -0.4 is 10.2 Å². The minimum Gasteiger partial charge on any atom is -0.508 e. The molecule has 17 heteroatoms. The maximum atomic E-state index is 17.9. The first kappa shape index (κ1) is 64.0. The van der Waals surface area contributed by atoms with Crippen molar-refractivity contribution in [3.05, 3.63) is 119 Å². The van der Waals surface area contributed by atoms with Crippen LogP contribution in [0.25, 0.3) is 0 Å². The van der Waals surface area contributed by atoms with E-state index in [-0.39, 0.29) is 84.9 Å². The summed E-state index contributed by atoms with van der Waals surface area (Å²) in [5.74, 6) is -1.16. The number of phenolic OH excluding ortho intramolecular Hbond substituents is 1. The molecule has 9 N–H and O–H groups in total. The van der Waals surface area contributed by atoms with Gasteiger partial charge in [-0.1, -0.05) is 129 Å². The molecule has 12 aliphatic carbocycles. The molecule has 6 spiro atoms. The van der Waals surface area contributed by atoms with E-state index >= 15 is 14.7 Å². The van der Waals surface area contributed by atoms with Gasteiger partial charge in [-0.3, -0.25) is 9.59 Å². The molecule has 15 nitrogen and oxygen atoms in total. The number of ether oxygens (including phenoxy) is 3. The van der Waals surface area contributed by atoms with Crippen LogP contribution in [0.4, 0.5) is 5.69 Å². The van der Waals surface area contributed by atoms with Crippen LogP contribution in [-0.4, -0.2) is 155 Å². The van der Waals surface area contributed by atoms with Crippen LogP contribution in [0.1, 0.15) is 142 Å². The molecule has 22 rings (SSSR count). The largest absolute Gasteiger partial charge is 0.508 e. The molecule has 6 saturated carbocycles. The maximum absolute atomic E-state index is 17.9. The number of anilines is 1. The van der Waals surface area contributed by atoms with Crippen molar-refractivity contribution in [2.45, 2.75) is 207 Å². The van der Waals surface area contributed by atoms with Gasteiger partial charge in [0, 0.05) is 69.7 Å². The molecule has 0 aromatic heterocycles. The summed E-state index contributed by atoms with van der Waals surface area (Å²) in [7, 11) is 2.62. The normalized spacial score (nSPS) is 54.6. The molecule has 10 fully saturated rings.